The molecule has 0 saturated carbocycles. The Morgan fingerprint density at radius 2 is 2.13 bits per heavy atom. The maximum atomic E-state index is 13.0. The third-order valence-electron chi connectivity index (χ3n) is 2.45. The van der Waals surface area contributed by atoms with Crippen LogP contribution in [-0.4, -0.2) is 15.6 Å². The predicted molar refractivity (Wildman–Crippen MR) is 54.6 cm³/mol. The van der Waals surface area contributed by atoms with Crippen molar-refractivity contribution in [3.63, 3.8) is 0 Å². The van der Waals surface area contributed by atoms with E-state index in [9.17, 15) is 14.3 Å². The predicted octanol–water partition coefficient (Wildman–Crippen LogP) is 2.45. The van der Waals surface area contributed by atoms with Gasteiger partial charge >= 0.3 is 0 Å². The number of hydrogen-bond acceptors (Lipinski definition) is 2. The van der Waals surface area contributed by atoms with Gasteiger partial charge in [-0.1, -0.05) is 0 Å². The molecule has 0 atom stereocenters. The molecule has 0 saturated heterocycles. The molecule has 1 aromatic heterocycles. The summed E-state index contributed by atoms with van der Waals surface area (Å²) in [5.41, 5.74) is 0.960. The minimum atomic E-state index is -0.432. The van der Waals surface area contributed by atoms with Gasteiger partial charge in [0.05, 0.1) is 11.2 Å². The van der Waals surface area contributed by atoms with Crippen LogP contribution in [-0.2, 0) is 0 Å². The van der Waals surface area contributed by atoms with Gasteiger partial charge in [-0.2, -0.15) is 0 Å². The van der Waals surface area contributed by atoms with E-state index in [0.29, 0.717) is 16.6 Å². The van der Waals surface area contributed by atoms with E-state index in [-0.39, 0.29) is 11.7 Å². The summed E-state index contributed by atoms with van der Waals surface area (Å²) in [6, 6.07) is 3.97. The molecule has 15 heavy (non-hydrogen) atoms. The van der Waals surface area contributed by atoms with Crippen molar-refractivity contribution < 1.29 is 14.3 Å². The first-order chi connectivity index (χ1) is 7.02. The second-order valence-corrected chi connectivity index (χ2v) is 3.45. The number of rotatable bonds is 0. The minimum Gasteiger partial charge on any atom is -0.505 e. The lowest BCUT2D eigenvalue weighted by atomic mass is 10.2. The van der Waals surface area contributed by atoms with Crippen LogP contribution >= 0.6 is 0 Å². The molecule has 78 valence electrons. The molecule has 0 fully saturated rings. The van der Waals surface area contributed by atoms with Crippen LogP contribution in [0.1, 0.15) is 17.4 Å². The molecule has 0 unspecified atom stereocenters. The van der Waals surface area contributed by atoms with E-state index in [0.717, 1.165) is 0 Å². The Morgan fingerprint density at radius 3 is 2.73 bits per heavy atom. The summed E-state index contributed by atoms with van der Waals surface area (Å²) in [5.74, 6) is -0.678. The molecule has 0 radical (unpaired) electrons. The van der Waals surface area contributed by atoms with Gasteiger partial charge in [0, 0.05) is 12.3 Å². The zero-order chi connectivity index (χ0) is 11.2. The third-order valence-corrected chi connectivity index (χ3v) is 2.45. The molecule has 2 rings (SSSR count). The quantitative estimate of drug-likeness (QED) is 0.721. The summed E-state index contributed by atoms with van der Waals surface area (Å²) in [5, 5.41) is 10.1. The number of fused-ring (bicyclic) bond motifs is 1. The van der Waals surface area contributed by atoms with Crippen molar-refractivity contribution in [3.05, 3.63) is 29.7 Å². The van der Waals surface area contributed by atoms with Crippen LogP contribution in [0.4, 0.5) is 4.39 Å². The van der Waals surface area contributed by atoms with Gasteiger partial charge in [-0.25, -0.2) is 4.39 Å². The molecular weight excluding hydrogens is 197 g/mol. The van der Waals surface area contributed by atoms with E-state index in [1.54, 1.807) is 6.92 Å². The Labute approximate surface area is 85.7 Å². The highest BCUT2D eigenvalue weighted by Crippen LogP contribution is 2.31. The number of carbonyl (C=O) groups is 1. The summed E-state index contributed by atoms with van der Waals surface area (Å²) >= 11 is 0. The van der Waals surface area contributed by atoms with Gasteiger partial charge < -0.3 is 5.11 Å². The van der Waals surface area contributed by atoms with Crippen LogP contribution in [0.15, 0.2) is 18.2 Å². The zero-order valence-corrected chi connectivity index (χ0v) is 8.41. The summed E-state index contributed by atoms with van der Waals surface area (Å²) in [7, 11) is 0. The number of nitrogens with zero attached hydrogens (tertiary/aromatic N) is 1. The van der Waals surface area contributed by atoms with Gasteiger partial charge in [0.25, 0.3) is 0 Å². The van der Waals surface area contributed by atoms with Crippen LogP contribution < -0.4 is 0 Å². The van der Waals surface area contributed by atoms with Crippen LogP contribution in [0, 0.1) is 12.7 Å². The van der Waals surface area contributed by atoms with Crippen molar-refractivity contribution in [2.24, 2.45) is 0 Å². The van der Waals surface area contributed by atoms with Crippen molar-refractivity contribution in [1.82, 2.24) is 4.57 Å². The molecule has 0 spiro atoms. The molecule has 3 nitrogen and oxygen atoms in total. The average Bonchev–Trinajstić information content (AvgIpc) is 2.41. The number of halogens is 1. The number of hydrogen-bond donors (Lipinski definition) is 1. The van der Waals surface area contributed by atoms with Gasteiger partial charge in [0.1, 0.15) is 11.6 Å². The molecule has 2 aromatic rings. The standard InChI is InChI=1S/C11H10FNO2/c1-6-11(15)9-5-8(12)3-4-10(9)13(6)7(2)14/h3-5,15H,1-2H3. The third kappa shape index (κ3) is 1.29. The fraction of sp³-hybridized carbons (Fsp3) is 0.182. The molecular formula is C11H10FNO2. The minimum absolute atomic E-state index is 0.0419. The molecule has 0 bridgehead atoms. The summed E-state index contributed by atoms with van der Waals surface area (Å²) in [6.07, 6.45) is 0. The normalized spacial score (nSPS) is 10.9. The van der Waals surface area contributed by atoms with Crippen molar-refractivity contribution >= 4 is 16.8 Å². The molecule has 0 aliphatic rings. The van der Waals surface area contributed by atoms with Gasteiger partial charge in [-0.3, -0.25) is 9.36 Å². The lowest BCUT2D eigenvalue weighted by Gasteiger charge is -2.00. The number of carbonyl (C=O) groups excluding carboxylic acids is 1. The first kappa shape index (κ1) is 9.71. The Kier molecular flexibility index (Phi) is 2.00. The van der Waals surface area contributed by atoms with Crippen LogP contribution in [0.5, 0.6) is 5.75 Å². The van der Waals surface area contributed by atoms with Gasteiger partial charge in [0.15, 0.2) is 0 Å². The monoisotopic (exact) mass is 207 g/mol. The van der Waals surface area contributed by atoms with Gasteiger partial charge in [0.2, 0.25) is 5.91 Å². The van der Waals surface area contributed by atoms with Crippen LogP contribution in [0.2, 0.25) is 0 Å². The first-order valence-corrected chi connectivity index (χ1v) is 4.53. The highest BCUT2D eigenvalue weighted by molar-refractivity contribution is 5.96. The van der Waals surface area contributed by atoms with E-state index >= 15 is 0 Å². The lowest BCUT2D eigenvalue weighted by Crippen LogP contribution is -2.06. The van der Waals surface area contributed by atoms with Crippen molar-refractivity contribution in [3.8, 4) is 5.75 Å². The Bertz CT molecular complexity index is 557. The summed E-state index contributed by atoms with van der Waals surface area (Å²) < 4.78 is 14.3. The highest BCUT2D eigenvalue weighted by Gasteiger charge is 2.15. The fourth-order valence-corrected chi connectivity index (χ4v) is 1.78. The number of aromatic nitrogens is 1. The smallest absolute Gasteiger partial charge is 0.228 e. The van der Waals surface area contributed by atoms with Crippen LogP contribution in [0.3, 0.4) is 0 Å². The first-order valence-electron chi connectivity index (χ1n) is 4.53. The second-order valence-electron chi connectivity index (χ2n) is 3.45. The van der Waals surface area contributed by atoms with Gasteiger partial charge in [-0.15, -0.1) is 0 Å². The molecule has 0 aliphatic carbocycles. The summed E-state index contributed by atoms with van der Waals surface area (Å²) in [6.45, 7) is 3.02. The van der Waals surface area contributed by atoms with Crippen molar-refractivity contribution in [1.29, 1.82) is 0 Å². The second kappa shape index (κ2) is 3.08. The highest BCUT2D eigenvalue weighted by atomic mass is 19.1. The van der Waals surface area contributed by atoms with E-state index < -0.39 is 5.82 Å². The zero-order valence-electron chi connectivity index (χ0n) is 8.41. The largest absolute Gasteiger partial charge is 0.505 e. The molecule has 1 aromatic carbocycles. The Balaban J connectivity index is 2.93. The Hall–Kier alpha value is -1.84. The molecule has 1 N–H and O–H groups in total. The maximum Gasteiger partial charge on any atom is 0.228 e. The summed E-state index contributed by atoms with van der Waals surface area (Å²) in [4.78, 5) is 11.3. The maximum absolute atomic E-state index is 13.0. The van der Waals surface area contributed by atoms with E-state index in [2.05, 4.69) is 0 Å². The van der Waals surface area contributed by atoms with E-state index in [1.165, 1.54) is 29.7 Å². The number of benzene rings is 1. The SMILES string of the molecule is CC(=O)n1c(C)c(O)c2cc(F)ccc21. The van der Waals surface area contributed by atoms with Crippen molar-refractivity contribution in [2.75, 3.05) is 0 Å². The van der Waals surface area contributed by atoms with Crippen LogP contribution in [0.25, 0.3) is 10.9 Å². The fourth-order valence-electron chi connectivity index (χ4n) is 1.78. The van der Waals surface area contributed by atoms with E-state index in [4.69, 9.17) is 0 Å². The molecule has 0 aliphatic heterocycles. The Morgan fingerprint density at radius 1 is 1.47 bits per heavy atom. The molecule has 4 heteroatoms. The average molecular weight is 207 g/mol. The van der Waals surface area contributed by atoms with Crippen molar-refractivity contribution in [2.45, 2.75) is 13.8 Å². The van der Waals surface area contributed by atoms with Gasteiger partial charge in [-0.05, 0) is 25.1 Å². The molecule has 0 amide bonds. The van der Waals surface area contributed by atoms with E-state index in [1.807, 2.05) is 0 Å². The lowest BCUT2D eigenvalue weighted by molar-refractivity contribution is 0.0939. The number of aromatic hydroxyl groups is 1. The molecule has 1 heterocycles. The topological polar surface area (TPSA) is 42.2 Å².